The highest BCUT2D eigenvalue weighted by atomic mass is 32.1. The number of hydrogen-bond acceptors (Lipinski definition) is 5. The van der Waals surface area contributed by atoms with Crippen LogP contribution in [0.5, 0.6) is 5.75 Å². The highest BCUT2D eigenvalue weighted by Gasteiger charge is 2.40. The molecule has 11 heteroatoms. The predicted molar refractivity (Wildman–Crippen MR) is 123 cm³/mol. The van der Waals surface area contributed by atoms with Crippen LogP contribution in [0, 0.1) is 0 Å². The molecule has 1 amide bonds. The first-order valence-corrected chi connectivity index (χ1v) is 10.6. The standard InChI is InChI=1S/C24H17F3N2O5S/c25-24(26,27)34-16-8-6-15(7-9-16)20-11-10-17(33-20)13-18-21(30)29(23(35)28-18)19(22(31)32)12-14-4-2-1-3-5-14/h1-11,13,19H,12H2,(H,28,35)(H,31,32)/b18-13+. The molecule has 1 aliphatic rings. The number of halogens is 3. The summed E-state index contributed by atoms with van der Waals surface area (Å²) in [5.41, 5.74) is 1.25. The van der Waals surface area contributed by atoms with Gasteiger partial charge in [0, 0.05) is 18.1 Å². The number of carbonyl (C=O) groups excluding carboxylic acids is 1. The predicted octanol–water partition coefficient (Wildman–Crippen LogP) is 4.60. The third-order valence-electron chi connectivity index (χ3n) is 5.06. The average Bonchev–Trinajstić information content (AvgIpc) is 3.37. The highest BCUT2D eigenvalue weighted by Crippen LogP contribution is 2.28. The maximum Gasteiger partial charge on any atom is 0.573 e. The number of aliphatic carboxylic acids is 1. The molecule has 4 rings (SSSR count). The van der Waals surface area contributed by atoms with Crippen molar-refractivity contribution in [1.29, 1.82) is 0 Å². The molecule has 2 heterocycles. The van der Waals surface area contributed by atoms with E-state index in [9.17, 15) is 27.9 Å². The van der Waals surface area contributed by atoms with Crippen LogP contribution in [0.4, 0.5) is 13.2 Å². The molecular weight excluding hydrogens is 485 g/mol. The van der Waals surface area contributed by atoms with Crippen LogP contribution < -0.4 is 10.1 Å². The zero-order valence-electron chi connectivity index (χ0n) is 17.8. The number of ether oxygens (including phenoxy) is 1. The van der Waals surface area contributed by atoms with Gasteiger partial charge in [0.25, 0.3) is 5.91 Å². The smallest absolute Gasteiger partial charge is 0.480 e. The third kappa shape index (κ3) is 5.69. The number of nitrogens with one attached hydrogen (secondary N) is 1. The molecule has 0 spiro atoms. The van der Waals surface area contributed by atoms with E-state index >= 15 is 0 Å². The number of hydrogen-bond donors (Lipinski definition) is 2. The van der Waals surface area contributed by atoms with E-state index in [1.165, 1.54) is 18.2 Å². The Morgan fingerprint density at radius 2 is 1.80 bits per heavy atom. The van der Waals surface area contributed by atoms with E-state index in [2.05, 4.69) is 10.1 Å². The lowest BCUT2D eigenvalue weighted by Crippen LogP contribution is -2.46. The molecule has 1 unspecified atom stereocenters. The number of thiocarbonyl (C=S) groups is 1. The molecule has 3 aromatic rings. The lowest BCUT2D eigenvalue weighted by Gasteiger charge is -2.22. The molecule has 0 saturated carbocycles. The molecule has 0 aliphatic carbocycles. The average molecular weight is 502 g/mol. The molecule has 1 atom stereocenters. The van der Waals surface area contributed by atoms with E-state index in [0.717, 1.165) is 22.6 Å². The Morgan fingerprint density at radius 3 is 2.43 bits per heavy atom. The minimum absolute atomic E-state index is 0.0316. The fourth-order valence-electron chi connectivity index (χ4n) is 3.51. The van der Waals surface area contributed by atoms with Crippen molar-refractivity contribution in [2.75, 3.05) is 0 Å². The summed E-state index contributed by atoms with van der Waals surface area (Å²) in [5.74, 6) is -1.59. The summed E-state index contributed by atoms with van der Waals surface area (Å²) in [6.07, 6.45) is -3.35. The van der Waals surface area contributed by atoms with E-state index in [1.54, 1.807) is 42.5 Å². The van der Waals surface area contributed by atoms with Crippen molar-refractivity contribution >= 4 is 35.3 Å². The first kappa shape index (κ1) is 24.0. The zero-order valence-corrected chi connectivity index (χ0v) is 18.6. The summed E-state index contributed by atoms with van der Waals surface area (Å²) in [6.45, 7) is 0. The van der Waals surface area contributed by atoms with Crippen LogP contribution in [-0.4, -0.2) is 39.4 Å². The van der Waals surface area contributed by atoms with E-state index < -0.39 is 24.3 Å². The zero-order chi connectivity index (χ0) is 25.2. The first-order chi connectivity index (χ1) is 16.6. The van der Waals surface area contributed by atoms with Gasteiger partial charge in [-0.25, -0.2) is 4.79 Å². The van der Waals surface area contributed by atoms with Gasteiger partial charge in [-0.3, -0.25) is 9.69 Å². The molecule has 2 N–H and O–H groups in total. The van der Waals surface area contributed by atoms with Gasteiger partial charge in [0.1, 0.15) is 29.0 Å². The summed E-state index contributed by atoms with van der Waals surface area (Å²) in [6, 6.07) is 15.9. The molecule has 1 aromatic heterocycles. The van der Waals surface area contributed by atoms with Crippen molar-refractivity contribution in [3.05, 3.63) is 83.8 Å². The summed E-state index contributed by atoms with van der Waals surface area (Å²) in [5, 5.41) is 12.4. The van der Waals surface area contributed by atoms with Gasteiger partial charge >= 0.3 is 12.3 Å². The summed E-state index contributed by atoms with van der Waals surface area (Å²) in [4.78, 5) is 25.9. The Bertz CT molecular complexity index is 1290. The Kier molecular flexibility index (Phi) is 6.61. The molecule has 35 heavy (non-hydrogen) atoms. The van der Waals surface area contributed by atoms with Crippen molar-refractivity contribution < 1.29 is 37.0 Å². The minimum atomic E-state index is -4.79. The Labute approximate surface area is 202 Å². The monoisotopic (exact) mass is 502 g/mol. The molecule has 7 nitrogen and oxygen atoms in total. The maximum absolute atomic E-state index is 13.0. The number of carboxylic acid groups (broad SMARTS) is 1. The maximum atomic E-state index is 13.0. The van der Waals surface area contributed by atoms with Crippen LogP contribution >= 0.6 is 12.2 Å². The van der Waals surface area contributed by atoms with E-state index in [4.69, 9.17) is 16.6 Å². The Morgan fingerprint density at radius 1 is 1.11 bits per heavy atom. The van der Waals surface area contributed by atoms with Gasteiger partial charge in [0.15, 0.2) is 5.11 Å². The number of alkyl halides is 3. The number of amides is 1. The quantitative estimate of drug-likeness (QED) is 0.361. The second-order valence-corrected chi connectivity index (χ2v) is 7.87. The van der Waals surface area contributed by atoms with Crippen LogP contribution in [0.2, 0.25) is 0 Å². The number of carbonyl (C=O) groups is 2. The summed E-state index contributed by atoms with van der Waals surface area (Å²) in [7, 11) is 0. The van der Waals surface area contributed by atoms with E-state index in [1.807, 2.05) is 0 Å². The van der Waals surface area contributed by atoms with E-state index in [0.29, 0.717) is 11.3 Å². The third-order valence-corrected chi connectivity index (χ3v) is 5.36. The lowest BCUT2D eigenvalue weighted by atomic mass is 10.0. The fraction of sp³-hybridized carbons (Fsp3) is 0.125. The molecule has 0 bridgehead atoms. The number of nitrogens with zero attached hydrogens (tertiary/aromatic N) is 1. The molecule has 1 fully saturated rings. The van der Waals surface area contributed by atoms with Gasteiger partial charge < -0.3 is 19.6 Å². The van der Waals surface area contributed by atoms with Gasteiger partial charge in [-0.1, -0.05) is 30.3 Å². The first-order valence-electron chi connectivity index (χ1n) is 10.2. The summed E-state index contributed by atoms with van der Waals surface area (Å²) < 4.78 is 46.5. The molecule has 0 radical (unpaired) electrons. The second-order valence-electron chi connectivity index (χ2n) is 7.48. The van der Waals surface area contributed by atoms with Crippen molar-refractivity contribution in [3.63, 3.8) is 0 Å². The normalized spacial score (nSPS) is 15.9. The number of furan rings is 1. The van der Waals surface area contributed by atoms with Gasteiger partial charge in [0.2, 0.25) is 0 Å². The highest BCUT2D eigenvalue weighted by molar-refractivity contribution is 7.80. The van der Waals surface area contributed by atoms with Crippen LogP contribution in [0.15, 0.2) is 76.8 Å². The van der Waals surface area contributed by atoms with Gasteiger partial charge in [-0.2, -0.15) is 0 Å². The van der Waals surface area contributed by atoms with Crippen molar-refractivity contribution in [2.24, 2.45) is 0 Å². The molecule has 1 saturated heterocycles. The van der Waals surface area contributed by atoms with E-state index in [-0.39, 0.29) is 28.7 Å². The van der Waals surface area contributed by atoms with Crippen molar-refractivity contribution in [1.82, 2.24) is 10.2 Å². The fourth-order valence-corrected chi connectivity index (χ4v) is 3.83. The SMILES string of the molecule is O=C(O)C(Cc1ccccc1)N1C(=O)/C(=C\c2ccc(-c3ccc(OC(F)(F)F)cc3)o2)NC1=S. The van der Waals surface area contributed by atoms with Crippen molar-refractivity contribution in [2.45, 2.75) is 18.8 Å². The largest absolute Gasteiger partial charge is 0.573 e. The lowest BCUT2D eigenvalue weighted by molar-refractivity contribution is -0.274. The summed E-state index contributed by atoms with van der Waals surface area (Å²) >= 11 is 5.22. The number of rotatable bonds is 7. The molecule has 1 aliphatic heterocycles. The van der Waals surface area contributed by atoms with Gasteiger partial charge in [-0.05, 0) is 54.2 Å². The van der Waals surface area contributed by atoms with Crippen LogP contribution in [0.25, 0.3) is 17.4 Å². The van der Waals surface area contributed by atoms with Crippen LogP contribution in [-0.2, 0) is 16.0 Å². The Balaban J connectivity index is 1.51. The van der Waals surface area contributed by atoms with Gasteiger partial charge in [-0.15, -0.1) is 13.2 Å². The second kappa shape index (κ2) is 9.63. The number of carboxylic acids is 1. The number of benzene rings is 2. The molecule has 180 valence electrons. The van der Waals surface area contributed by atoms with Crippen molar-refractivity contribution in [3.8, 4) is 17.1 Å². The van der Waals surface area contributed by atoms with Crippen LogP contribution in [0.1, 0.15) is 11.3 Å². The van der Waals surface area contributed by atoms with Crippen LogP contribution in [0.3, 0.4) is 0 Å². The minimum Gasteiger partial charge on any atom is -0.480 e. The molecular formula is C24H17F3N2O5S. The topological polar surface area (TPSA) is 92.0 Å². The van der Waals surface area contributed by atoms with Gasteiger partial charge in [0.05, 0.1) is 0 Å². The Hall–Kier alpha value is -4.12. The molecule has 2 aromatic carbocycles.